The van der Waals surface area contributed by atoms with E-state index in [1.165, 1.54) is 0 Å². The molecule has 0 aliphatic heterocycles. The lowest BCUT2D eigenvalue weighted by atomic mass is 10.2. The number of hydrogen-bond acceptors (Lipinski definition) is 4. The Morgan fingerprint density at radius 1 is 1.32 bits per heavy atom. The zero-order valence-corrected chi connectivity index (χ0v) is 17.9. The first-order valence-corrected chi connectivity index (χ1v) is 7.94. The van der Waals surface area contributed by atoms with Crippen molar-refractivity contribution in [2.45, 2.75) is 33.3 Å². The maximum Gasteiger partial charge on any atom is 0.410 e. The van der Waals surface area contributed by atoms with Gasteiger partial charge in [-0.15, -0.1) is 24.0 Å². The Morgan fingerprint density at radius 3 is 2.52 bits per heavy atom. The third-order valence-corrected chi connectivity index (χ3v) is 3.06. The number of guanidine groups is 1. The average molecular weight is 464 g/mol. The number of methoxy groups -OCH3 is 1. The molecule has 0 saturated heterocycles. The zero-order chi connectivity index (χ0) is 18.2. The predicted octanol–water partition coefficient (Wildman–Crippen LogP) is 3.30. The molecule has 0 aliphatic carbocycles. The Hall–Kier alpha value is -1.71. The van der Waals surface area contributed by atoms with Gasteiger partial charge in [0.05, 0.1) is 19.3 Å². The number of halogens is 1. The minimum Gasteiger partial charge on any atom is -0.495 e. The SMILES string of the molecule is CCN(CCN=C(N)Nc1ccccc1OC)C(=O)OC(C)(C)C.I. The Morgan fingerprint density at radius 2 is 1.96 bits per heavy atom. The van der Waals surface area contributed by atoms with Crippen molar-refractivity contribution in [2.75, 3.05) is 32.1 Å². The van der Waals surface area contributed by atoms with Crippen LogP contribution in [-0.4, -0.2) is 49.3 Å². The van der Waals surface area contributed by atoms with Crippen LogP contribution < -0.4 is 15.8 Å². The molecule has 3 N–H and O–H groups in total. The van der Waals surface area contributed by atoms with Gasteiger partial charge in [-0.05, 0) is 39.8 Å². The molecule has 142 valence electrons. The second kappa shape index (κ2) is 11.0. The number of nitrogens with two attached hydrogens (primary N) is 1. The summed E-state index contributed by atoms with van der Waals surface area (Å²) < 4.78 is 10.6. The summed E-state index contributed by atoms with van der Waals surface area (Å²) in [6, 6.07) is 7.42. The van der Waals surface area contributed by atoms with E-state index in [2.05, 4.69) is 10.3 Å². The van der Waals surface area contributed by atoms with E-state index < -0.39 is 5.60 Å². The van der Waals surface area contributed by atoms with Gasteiger partial charge in [0, 0.05) is 13.1 Å². The number of ether oxygens (including phenoxy) is 2. The molecule has 0 aromatic heterocycles. The van der Waals surface area contributed by atoms with E-state index in [0.717, 1.165) is 5.69 Å². The molecule has 0 bridgehead atoms. The minimum absolute atomic E-state index is 0. The second-order valence-electron chi connectivity index (χ2n) is 6.15. The molecule has 25 heavy (non-hydrogen) atoms. The van der Waals surface area contributed by atoms with Crippen LogP contribution in [0.3, 0.4) is 0 Å². The van der Waals surface area contributed by atoms with Crippen molar-refractivity contribution in [2.24, 2.45) is 10.7 Å². The Labute approximate surface area is 167 Å². The fourth-order valence-corrected chi connectivity index (χ4v) is 1.92. The van der Waals surface area contributed by atoms with Crippen LogP contribution in [0.25, 0.3) is 0 Å². The van der Waals surface area contributed by atoms with Gasteiger partial charge in [0.1, 0.15) is 11.4 Å². The van der Waals surface area contributed by atoms with Gasteiger partial charge in [0.25, 0.3) is 0 Å². The summed E-state index contributed by atoms with van der Waals surface area (Å²) in [6.07, 6.45) is -0.351. The number of hydrogen-bond donors (Lipinski definition) is 2. The Balaban J connectivity index is 0.00000576. The van der Waals surface area contributed by atoms with Crippen LogP contribution in [0.2, 0.25) is 0 Å². The number of anilines is 1. The van der Waals surface area contributed by atoms with Gasteiger partial charge >= 0.3 is 6.09 Å². The molecule has 0 saturated carbocycles. The first-order valence-electron chi connectivity index (χ1n) is 7.94. The third kappa shape index (κ3) is 8.80. The molecular weight excluding hydrogens is 435 g/mol. The van der Waals surface area contributed by atoms with Crippen LogP contribution in [0.5, 0.6) is 5.75 Å². The maximum absolute atomic E-state index is 12.0. The molecule has 0 atom stereocenters. The van der Waals surface area contributed by atoms with Crippen molar-refractivity contribution in [3.05, 3.63) is 24.3 Å². The summed E-state index contributed by atoms with van der Waals surface area (Å²) in [7, 11) is 1.59. The molecule has 8 heteroatoms. The van der Waals surface area contributed by atoms with Crippen LogP contribution in [0, 0.1) is 0 Å². The third-order valence-electron chi connectivity index (χ3n) is 3.06. The number of carbonyl (C=O) groups excluding carboxylic acids is 1. The highest BCUT2D eigenvalue weighted by atomic mass is 127. The van der Waals surface area contributed by atoms with Crippen LogP contribution in [0.1, 0.15) is 27.7 Å². The van der Waals surface area contributed by atoms with Crippen molar-refractivity contribution in [1.82, 2.24) is 4.90 Å². The van der Waals surface area contributed by atoms with Gasteiger partial charge in [-0.3, -0.25) is 4.99 Å². The minimum atomic E-state index is -0.516. The summed E-state index contributed by atoms with van der Waals surface area (Å²) in [4.78, 5) is 17.9. The molecule has 0 radical (unpaired) electrons. The molecule has 1 rings (SSSR count). The van der Waals surface area contributed by atoms with E-state index in [1.807, 2.05) is 52.0 Å². The highest BCUT2D eigenvalue weighted by Gasteiger charge is 2.20. The van der Waals surface area contributed by atoms with Crippen LogP contribution >= 0.6 is 24.0 Å². The summed E-state index contributed by atoms with van der Waals surface area (Å²) in [6.45, 7) is 8.76. The summed E-state index contributed by atoms with van der Waals surface area (Å²) in [5, 5.41) is 2.99. The highest BCUT2D eigenvalue weighted by molar-refractivity contribution is 14.0. The van der Waals surface area contributed by atoms with E-state index in [-0.39, 0.29) is 36.0 Å². The number of benzene rings is 1. The topological polar surface area (TPSA) is 89.2 Å². The van der Waals surface area contributed by atoms with Gasteiger partial charge in [0.2, 0.25) is 0 Å². The molecular formula is C17H29IN4O3. The predicted molar refractivity (Wildman–Crippen MR) is 112 cm³/mol. The van der Waals surface area contributed by atoms with Crippen molar-refractivity contribution >= 4 is 41.7 Å². The molecule has 0 aliphatic rings. The molecule has 1 aromatic rings. The molecule has 7 nitrogen and oxygen atoms in total. The van der Waals surface area contributed by atoms with Crippen LogP contribution in [0.4, 0.5) is 10.5 Å². The highest BCUT2D eigenvalue weighted by Crippen LogP contribution is 2.22. The lowest BCUT2D eigenvalue weighted by molar-refractivity contribution is 0.0266. The van der Waals surface area contributed by atoms with Crippen molar-refractivity contribution in [3.63, 3.8) is 0 Å². The molecule has 0 unspecified atom stereocenters. The maximum atomic E-state index is 12.0. The number of amides is 1. The lowest BCUT2D eigenvalue weighted by Gasteiger charge is -2.26. The number of carbonyl (C=O) groups is 1. The number of likely N-dealkylation sites (N-methyl/N-ethyl adjacent to an activating group) is 1. The quantitative estimate of drug-likeness (QED) is 0.383. The van der Waals surface area contributed by atoms with E-state index >= 15 is 0 Å². The fraction of sp³-hybridized carbons (Fsp3) is 0.529. The lowest BCUT2D eigenvalue weighted by Crippen LogP contribution is -2.38. The summed E-state index contributed by atoms with van der Waals surface area (Å²) in [5.41, 5.74) is 6.10. The van der Waals surface area contributed by atoms with Gasteiger partial charge in [0.15, 0.2) is 5.96 Å². The van der Waals surface area contributed by atoms with E-state index in [4.69, 9.17) is 15.2 Å². The van der Waals surface area contributed by atoms with Crippen molar-refractivity contribution in [3.8, 4) is 5.75 Å². The Bertz CT molecular complexity index is 573. The number of nitrogens with zero attached hydrogens (tertiary/aromatic N) is 2. The number of nitrogens with one attached hydrogen (secondary N) is 1. The average Bonchev–Trinajstić information content (AvgIpc) is 2.50. The summed E-state index contributed by atoms with van der Waals surface area (Å²) >= 11 is 0. The van der Waals surface area contributed by atoms with E-state index in [0.29, 0.717) is 25.4 Å². The second-order valence-corrected chi connectivity index (χ2v) is 6.15. The zero-order valence-electron chi connectivity index (χ0n) is 15.5. The normalized spacial score (nSPS) is 11.3. The molecule has 1 aromatic carbocycles. The van der Waals surface area contributed by atoms with Crippen LogP contribution in [0.15, 0.2) is 29.3 Å². The van der Waals surface area contributed by atoms with E-state index in [9.17, 15) is 4.79 Å². The Kier molecular flexibility index (Phi) is 10.3. The van der Waals surface area contributed by atoms with Gasteiger partial charge in [-0.1, -0.05) is 12.1 Å². The monoisotopic (exact) mass is 464 g/mol. The molecule has 0 fully saturated rings. The molecule has 1 amide bonds. The van der Waals surface area contributed by atoms with E-state index in [1.54, 1.807) is 12.0 Å². The van der Waals surface area contributed by atoms with Crippen molar-refractivity contribution < 1.29 is 14.3 Å². The molecule has 0 heterocycles. The standard InChI is InChI=1S/C17H28N4O3.HI/c1-6-21(16(22)24-17(2,3)4)12-11-19-15(18)20-13-9-7-8-10-14(13)23-5;/h7-10H,6,11-12H2,1-5H3,(H3,18,19,20);1H. The number of para-hydroxylation sites is 2. The van der Waals surface area contributed by atoms with Gasteiger partial charge < -0.3 is 25.4 Å². The van der Waals surface area contributed by atoms with Gasteiger partial charge in [-0.2, -0.15) is 0 Å². The largest absolute Gasteiger partial charge is 0.495 e. The first kappa shape index (κ1) is 23.3. The first-order chi connectivity index (χ1) is 11.3. The molecule has 0 spiro atoms. The van der Waals surface area contributed by atoms with Gasteiger partial charge in [-0.25, -0.2) is 4.79 Å². The smallest absolute Gasteiger partial charge is 0.410 e. The number of rotatable bonds is 6. The summed E-state index contributed by atoms with van der Waals surface area (Å²) in [5.74, 6) is 0.944. The van der Waals surface area contributed by atoms with Crippen molar-refractivity contribution in [1.29, 1.82) is 0 Å². The van der Waals surface area contributed by atoms with Crippen LogP contribution in [-0.2, 0) is 4.74 Å². The number of aliphatic imine (C=N–C) groups is 1. The fourth-order valence-electron chi connectivity index (χ4n) is 1.92.